The van der Waals surface area contributed by atoms with Crippen molar-refractivity contribution in [2.24, 2.45) is 7.05 Å². The Balaban J connectivity index is 1.11. The molecule has 8 heteroatoms. The van der Waals surface area contributed by atoms with Gasteiger partial charge in [-0.3, -0.25) is 0 Å². The number of anilines is 1. The van der Waals surface area contributed by atoms with Gasteiger partial charge in [-0.25, -0.2) is 15.0 Å². The Morgan fingerprint density at radius 1 is 0.971 bits per heavy atom. The lowest BCUT2D eigenvalue weighted by atomic mass is 10.1. The molecule has 5 aromatic rings. The summed E-state index contributed by atoms with van der Waals surface area (Å²) >= 11 is 6.02. The van der Waals surface area contributed by atoms with Crippen molar-refractivity contribution in [3.63, 3.8) is 0 Å². The molecule has 35 heavy (non-hydrogen) atoms. The molecule has 0 bridgehead atoms. The molecule has 0 radical (unpaired) electrons. The monoisotopic (exact) mass is 485 g/mol. The summed E-state index contributed by atoms with van der Waals surface area (Å²) in [7, 11) is 2.08. The third-order valence-electron chi connectivity index (χ3n) is 6.25. The van der Waals surface area contributed by atoms with Crippen molar-refractivity contribution >= 4 is 39.4 Å². The van der Waals surface area contributed by atoms with E-state index in [0.717, 1.165) is 65.4 Å². The highest BCUT2D eigenvalue weighted by Crippen LogP contribution is 2.25. The van der Waals surface area contributed by atoms with Crippen molar-refractivity contribution in [1.82, 2.24) is 19.5 Å². The number of nitrogens with zero attached hydrogens (tertiary/aromatic N) is 4. The van der Waals surface area contributed by atoms with Gasteiger partial charge in [0.25, 0.3) is 0 Å². The zero-order chi connectivity index (χ0) is 23.8. The Bertz CT molecular complexity index is 1510. The molecule has 1 aliphatic rings. The van der Waals surface area contributed by atoms with Crippen LogP contribution in [0.5, 0.6) is 11.6 Å². The molecular formula is C27H24ClN5O2. The number of nitrogens with one attached hydrogen (secondary N) is 1. The molecule has 0 amide bonds. The Morgan fingerprint density at radius 2 is 1.80 bits per heavy atom. The van der Waals surface area contributed by atoms with Crippen LogP contribution in [0.25, 0.3) is 22.1 Å². The smallest absolute Gasteiger partial charge is 0.238 e. The molecule has 0 unspecified atom stereocenters. The van der Waals surface area contributed by atoms with Crippen LogP contribution in [0.3, 0.4) is 0 Å². The van der Waals surface area contributed by atoms with E-state index in [0.29, 0.717) is 16.9 Å². The number of aromatic nitrogens is 4. The largest absolute Gasteiger partial charge is 0.437 e. The van der Waals surface area contributed by atoms with Gasteiger partial charge in [-0.1, -0.05) is 23.7 Å². The predicted octanol–water partition coefficient (Wildman–Crippen LogP) is 5.56. The first-order valence-corrected chi connectivity index (χ1v) is 12.0. The van der Waals surface area contributed by atoms with Gasteiger partial charge in [0.2, 0.25) is 5.88 Å². The summed E-state index contributed by atoms with van der Waals surface area (Å²) in [6.45, 7) is 1.53. The number of halogens is 1. The van der Waals surface area contributed by atoms with Gasteiger partial charge in [0.15, 0.2) is 0 Å². The first kappa shape index (κ1) is 21.8. The highest BCUT2D eigenvalue weighted by atomic mass is 35.5. The van der Waals surface area contributed by atoms with Crippen LogP contribution < -0.4 is 10.1 Å². The maximum absolute atomic E-state index is 6.02. The molecule has 0 atom stereocenters. The van der Waals surface area contributed by atoms with Crippen molar-refractivity contribution in [3.05, 3.63) is 83.3 Å². The molecule has 0 saturated carbocycles. The second kappa shape index (κ2) is 9.17. The number of imidazole rings is 1. The Labute approximate surface area is 207 Å². The lowest BCUT2D eigenvalue weighted by Gasteiger charge is -2.27. The van der Waals surface area contributed by atoms with Crippen molar-refractivity contribution in [3.8, 4) is 11.6 Å². The van der Waals surface area contributed by atoms with E-state index in [2.05, 4.69) is 57.2 Å². The third-order valence-corrected chi connectivity index (χ3v) is 6.48. The Morgan fingerprint density at radius 3 is 2.60 bits per heavy atom. The third kappa shape index (κ3) is 4.65. The van der Waals surface area contributed by atoms with Crippen molar-refractivity contribution in [2.45, 2.75) is 18.9 Å². The number of ether oxygens (including phenoxy) is 2. The van der Waals surface area contributed by atoms with E-state index in [1.807, 2.05) is 18.2 Å². The van der Waals surface area contributed by atoms with E-state index in [9.17, 15) is 0 Å². The van der Waals surface area contributed by atoms with Gasteiger partial charge in [-0.2, -0.15) is 0 Å². The molecule has 7 nitrogen and oxygen atoms in total. The van der Waals surface area contributed by atoms with E-state index in [1.54, 1.807) is 18.3 Å². The molecule has 2 aromatic heterocycles. The Hall–Kier alpha value is -3.68. The van der Waals surface area contributed by atoms with Crippen LogP contribution in [0.15, 0.2) is 66.9 Å². The van der Waals surface area contributed by atoms with Crippen LogP contribution in [-0.4, -0.2) is 38.8 Å². The lowest BCUT2D eigenvalue weighted by Crippen LogP contribution is -2.40. The molecule has 1 aliphatic heterocycles. The van der Waals surface area contributed by atoms with Crippen LogP contribution >= 0.6 is 11.6 Å². The summed E-state index contributed by atoms with van der Waals surface area (Å²) < 4.78 is 13.3. The fourth-order valence-electron chi connectivity index (χ4n) is 4.22. The van der Waals surface area contributed by atoms with E-state index >= 15 is 0 Å². The number of benzene rings is 3. The summed E-state index contributed by atoms with van der Waals surface area (Å²) in [5.74, 6) is 2.23. The van der Waals surface area contributed by atoms with Gasteiger partial charge < -0.3 is 19.4 Å². The average Bonchev–Trinajstić information content (AvgIpc) is 3.16. The SMILES string of the molecule is Cn1c(CCc2ccc(Oc3cnc4cc(Cl)ccc4n3)cc2)nc2ccc(NC3COC3)cc21. The molecular weight excluding hydrogens is 462 g/mol. The van der Waals surface area contributed by atoms with Gasteiger partial charge in [-0.15, -0.1) is 0 Å². The highest BCUT2D eigenvalue weighted by Gasteiger charge is 2.18. The summed E-state index contributed by atoms with van der Waals surface area (Å²) in [5, 5.41) is 4.14. The van der Waals surface area contributed by atoms with E-state index in [-0.39, 0.29) is 0 Å². The molecule has 1 N–H and O–H groups in total. The lowest BCUT2D eigenvalue weighted by molar-refractivity contribution is 0.0211. The number of aryl methyl sites for hydroxylation is 3. The molecule has 6 rings (SSSR count). The van der Waals surface area contributed by atoms with Gasteiger partial charge in [0.05, 0.1) is 47.5 Å². The fraction of sp³-hybridized carbons (Fsp3) is 0.222. The Kier molecular flexibility index (Phi) is 5.72. The van der Waals surface area contributed by atoms with Gasteiger partial charge in [-0.05, 0) is 60.5 Å². The quantitative estimate of drug-likeness (QED) is 0.325. The first-order chi connectivity index (χ1) is 17.1. The van der Waals surface area contributed by atoms with Crippen molar-refractivity contribution in [1.29, 1.82) is 0 Å². The van der Waals surface area contributed by atoms with Crippen LogP contribution in [0.1, 0.15) is 11.4 Å². The second-order valence-electron chi connectivity index (χ2n) is 8.76. The van der Waals surface area contributed by atoms with Crippen LogP contribution in [0, 0.1) is 0 Å². The molecule has 3 heterocycles. The predicted molar refractivity (Wildman–Crippen MR) is 137 cm³/mol. The minimum Gasteiger partial charge on any atom is -0.437 e. The zero-order valence-electron chi connectivity index (χ0n) is 19.2. The summed E-state index contributed by atoms with van der Waals surface area (Å²) in [5.41, 5.74) is 5.95. The molecule has 176 valence electrons. The van der Waals surface area contributed by atoms with Crippen molar-refractivity contribution in [2.75, 3.05) is 18.5 Å². The molecule has 0 aliphatic carbocycles. The van der Waals surface area contributed by atoms with Crippen LogP contribution in [0.4, 0.5) is 5.69 Å². The molecule has 3 aromatic carbocycles. The van der Waals surface area contributed by atoms with Gasteiger partial charge >= 0.3 is 0 Å². The number of hydrogen-bond donors (Lipinski definition) is 1. The fourth-order valence-corrected chi connectivity index (χ4v) is 4.39. The number of rotatable bonds is 7. The van der Waals surface area contributed by atoms with Crippen LogP contribution in [0.2, 0.25) is 5.02 Å². The summed E-state index contributed by atoms with van der Waals surface area (Å²) in [6, 6.07) is 20.2. The second-order valence-corrected chi connectivity index (χ2v) is 9.19. The maximum Gasteiger partial charge on any atom is 0.238 e. The number of hydrogen-bond acceptors (Lipinski definition) is 6. The van der Waals surface area contributed by atoms with Gasteiger partial charge in [0.1, 0.15) is 11.6 Å². The zero-order valence-corrected chi connectivity index (χ0v) is 20.0. The highest BCUT2D eigenvalue weighted by molar-refractivity contribution is 6.31. The maximum atomic E-state index is 6.02. The van der Waals surface area contributed by atoms with E-state index < -0.39 is 0 Å². The normalized spacial score (nSPS) is 13.8. The average molecular weight is 486 g/mol. The van der Waals surface area contributed by atoms with Gasteiger partial charge in [0, 0.05) is 24.2 Å². The van der Waals surface area contributed by atoms with Crippen LogP contribution in [-0.2, 0) is 24.6 Å². The minimum atomic E-state index is 0.402. The molecule has 1 saturated heterocycles. The summed E-state index contributed by atoms with van der Waals surface area (Å²) in [4.78, 5) is 13.7. The first-order valence-electron chi connectivity index (χ1n) is 11.6. The minimum absolute atomic E-state index is 0.402. The van der Waals surface area contributed by atoms with Crippen molar-refractivity contribution < 1.29 is 9.47 Å². The topological polar surface area (TPSA) is 74.1 Å². The van der Waals surface area contributed by atoms with E-state index in [1.165, 1.54) is 5.56 Å². The molecule has 1 fully saturated rings. The number of fused-ring (bicyclic) bond motifs is 2. The van der Waals surface area contributed by atoms with E-state index in [4.69, 9.17) is 26.1 Å². The summed E-state index contributed by atoms with van der Waals surface area (Å²) in [6.07, 6.45) is 3.35. The molecule has 0 spiro atoms. The standard InChI is InChI=1S/C27H24ClN5O2/c1-33-25-13-19(30-20-15-34-16-20)6-10-23(25)31-26(33)11-4-17-2-7-21(8-3-17)35-27-14-29-24-12-18(28)5-9-22(24)32-27/h2-3,5-10,12-14,20,30H,4,11,15-16H2,1H3.